The van der Waals surface area contributed by atoms with Gasteiger partial charge in [-0.3, -0.25) is 0 Å². The Morgan fingerprint density at radius 1 is 1.10 bits per heavy atom. The van der Waals surface area contributed by atoms with Gasteiger partial charge in [0.2, 0.25) is 0 Å². The van der Waals surface area contributed by atoms with Crippen LogP contribution in [0.3, 0.4) is 0 Å². The average Bonchev–Trinajstić information content (AvgIpc) is 2.98. The quantitative estimate of drug-likeness (QED) is 0.922. The van der Waals surface area contributed by atoms with Gasteiger partial charge in [-0.05, 0) is 42.9 Å². The average molecular weight is 270 g/mol. The Labute approximate surface area is 120 Å². The minimum absolute atomic E-state index is 0.366. The number of hydrogen-bond acceptors (Lipinski definition) is 2. The summed E-state index contributed by atoms with van der Waals surface area (Å²) in [4.78, 5) is 0. The van der Waals surface area contributed by atoms with Gasteiger partial charge in [-0.2, -0.15) is 5.10 Å². The summed E-state index contributed by atoms with van der Waals surface area (Å²) >= 11 is 0. The molecule has 1 saturated carbocycles. The normalized spacial score (nSPS) is 24.5. The van der Waals surface area contributed by atoms with E-state index in [-0.39, 0.29) is 0 Å². The predicted molar refractivity (Wildman–Crippen MR) is 79.6 cm³/mol. The molecule has 1 fully saturated rings. The molecule has 3 rings (SSSR count). The van der Waals surface area contributed by atoms with Crippen LogP contribution in [0.25, 0.3) is 5.69 Å². The molecule has 1 unspecified atom stereocenters. The SMILES string of the molecule is CC1CCC(C(O)c2ccn(-c3ccccc3)n2)CC1. The van der Waals surface area contributed by atoms with Gasteiger partial charge in [0.25, 0.3) is 0 Å². The van der Waals surface area contributed by atoms with Gasteiger partial charge in [-0.1, -0.05) is 38.0 Å². The molecule has 1 aromatic heterocycles. The van der Waals surface area contributed by atoms with Crippen LogP contribution in [-0.2, 0) is 0 Å². The van der Waals surface area contributed by atoms with Crippen LogP contribution in [0.15, 0.2) is 42.6 Å². The first-order valence-electron chi connectivity index (χ1n) is 7.53. The molecule has 1 atom stereocenters. The molecule has 1 heterocycles. The van der Waals surface area contributed by atoms with Crippen molar-refractivity contribution in [3.05, 3.63) is 48.3 Å². The van der Waals surface area contributed by atoms with Crippen molar-refractivity contribution in [2.24, 2.45) is 11.8 Å². The lowest BCUT2D eigenvalue weighted by Crippen LogP contribution is -2.19. The Morgan fingerprint density at radius 2 is 1.80 bits per heavy atom. The molecule has 1 aliphatic rings. The van der Waals surface area contributed by atoms with E-state index in [1.807, 2.05) is 47.3 Å². The van der Waals surface area contributed by atoms with Crippen molar-refractivity contribution >= 4 is 0 Å². The molecule has 106 valence electrons. The fourth-order valence-corrected chi connectivity index (χ4v) is 3.06. The fourth-order valence-electron chi connectivity index (χ4n) is 3.06. The minimum Gasteiger partial charge on any atom is -0.386 e. The van der Waals surface area contributed by atoms with E-state index >= 15 is 0 Å². The maximum atomic E-state index is 10.5. The molecule has 20 heavy (non-hydrogen) atoms. The molecule has 0 spiro atoms. The van der Waals surface area contributed by atoms with E-state index in [4.69, 9.17) is 0 Å². The standard InChI is InChI=1S/C17H22N2O/c1-13-7-9-14(10-8-13)17(20)16-11-12-19(18-16)15-5-3-2-4-6-15/h2-6,11-14,17,20H,7-10H2,1H3. The number of aliphatic hydroxyl groups excluding tert-OH is 1. The monoisotopic (exact) mass is 270 g/mol. The van der Waals surface area contributed by atoms with E-state index in [0.29, 0.717) is 5.92 Å². The van der Waals surface area contributed by atoms with Crippen molar-refractivity contribution in [1.29, 1.82) is 0 Å². The zero-order chi connectivity index (χ0) is 13.9. The fraction of sp³-hybridized carbons (Fsp3) is 0.471. The summed E-state index contributed by atoms with van der Waals surface area (Å²) in [6.07, 6.45) is 6.18. The van der Waals surface area contributed by atoms with Crippen LogP contribution in [0.4, 0.5) is 0 Å². The van der Waals surface area contributed by atoms with Crippen LogP contribution in [0.2, 0.25) is 0 Å². The van der Waals surface area contributed by atoms with Gasteiger partial charge in [0, 0.05) is 6.20 Å². The van der Waals surface area contributed by atoms with E-state index in [9.17, 15) is 5.11 Å². The predicted octanol–water partition coefficient (Wildman–Crippen LogP) is 3.73. The summed E-state index contributed by atoms with van der Waals surface area (Å²) < 4.78 is 1.84. The summed E-state index contributed by atoms with van der Waals surface area (Å²) in [6, 6.07) is 12.0. The van der Waals surface area contributed by atoms with Crippen molar-refractivity contribution in [3.63, 3.8) is 0 Å². The molecule has 1 aliphatic carbocycles. The molecule has 1 N–H and O–H groups in total. The summed E-state index contributed by atoms with van der Waals surface area (Å²) in [7, 11) is 0. The van der Waals surface area contributed by atoms with Crippen LogP contribution >= 0.6 is 0 Å². The number of para-hydroxylation sites is 1. The van der Waals surface area contributed by atoms with Crippen molar-refractivity contribution in [2.75, 3.05) is 0 Å². The molecule has 1 aromatic carbocycles. The van der Waals surface area contributed by atoms with Gasteiger partial charge in [0.05, 0.1) is 11.4 Å². The van der Waals surface area contributed by atoms with Crippen molar-refractivity contribution in [1.82, 2.24) is 9.78 Å². The highest BCUT2D eigenvalue weighted by Gasteiger charge is 2.27. The van der Waals surface area contributed by atoms with Crippen molar-refractivity contribution in [3.8, 4) is 5.69 Å². The second kappa shape index (κ2) is 5.80. The highest BCUT2D eigenvalue weighted by atomic mass is 16.3. The number of rotatable bonds is 3. The van der Waals surface area contributed by atoms with Crippen molar-refractivity contribution in [2.45, 2.75) is 38.7 Å². The van der Waals surface area contributed by atoms with E-state index in [2.05, 4.69) is 12.0 Å². The molecule has 2 aromatic rings. The maximum Gasteiger partial charge on any atom is 0.101 e. The number of aromatic nitrogens is 2. The molecule has 0 radical (unpaired) electrons. The maximum absolute atomic E-state index is 10.5. The van der Waals surface area contributed by atoms with Crippen LogP contribution in [0.5, 0.6) is 0 Å². The lowest BCUT2D eigenvalue weighted by atomic mass is 9.79. The first-order chi connectivity index (χ1) is 9.74. The van der Waals surface area contributed by atoms with Gasteiger partial charge in [0.15, 0.2) is 0 Å². The minimum atomic E-state index is -0.424. The van der Waals surface area contributed by atoms with Gasteiger partial charge in [-0.25, -0.2) is 4.68 Å². The van der Waals surface area contributed by atoms with Crippen LogP contribution in [-0.4, -0.2) is 14.9 Å². The first-order valence-corrected chi connectivity index (χ1v) is 7.53. The number of benzene rings is 1. The second-order valence-corrected chi connectivity index (χ2v) is 5.99. The molecule has 0 saturated heterocycles. The highest BCUT2D eigenvalue weighted by molar-refractivity contribution is 5.30. The summed E-state index contributed by atoms with van der Waals surface area (Å²) in [6.45, 7) is 2.30. The first kappa shape index (κ1) is 13.4. The zero-order valence-electron chi connectivity index (χ0n) is 11.9. The summed E-state index contributed by atoms with van der Waals surface area (Å²) in [5, 5.41) is 15.1. The van der Waals surface area contributed by atoms with Crippen LogP contribution < -0.4 is 0 Å². The van der Waals surface area contributed by atoms with Gasteiger partial charge in [-0.15, -0.1) is 0 Å². The number of hydrogen-bond donors (Lipinski definition) is 1. The largest absolute Gasteiger partial charge is 0.386 e. The van der Waals surface area contributed by atoms with Crippen LogP contribution in [0, 0.1) is 11.8 Å². The topological polar surface area (TPSA) is 38.0 Å². The van der Waals surface area contributed by atoms with Crippen LogP contribution in [0.1, 0.15) is 44.4 Å². The Balaban J connectivity index is 1.73. The van der Waals surface area contributed by atoms with E-state index in [1.54, 1.807) is 0 Å². The van der Waals surface area contributed by atoms with Gasteiger partial charge >= 0.3 is 0 Å². The highest BCUT2D eigenvalue weighted by Crippen LogP contribution is 2.36. The lowest BCUT2D eigenvalue weighted by molar-refractivity contribution is 0.0718. The Bertz CT molecular complexity index is 541. The summed E-state index contributed by atoms with van der Waals surface area (Å²) in [5.41, 5.74) is 1.83. The third kappa shape index (κ3) is 2.78. The molecular formula is C17H22N2O. The molecule has 0 amide bonds. The smallest absolute Gasteiger partial charge is 0.101 e. The van der Waals surface area contributed by atoms with Crippen molar-refractivity contribution < 1.29 is 5.11 Å². The zero-order valence-corrected chi connectivity index (χ0v) is 11.9. The number of nitrogens with zero attached hydrogens (tertiary/aromatic N) is 2. The molecule has 3 nitrogen and oxygen atoms in total. The third-order valence-electron chi connectivity index (χ3n) is 4.44. The Kier molecular flexibility index (Phi) is 3.88. The molecule has 0 bridgehead atoms. The second-order valence-electron chi connectivity index (χ2n) is 5.99. The molecule has 0 aliphatic heterocycles. The summed E-state index contributed by atoms with van der Waals surface area (Å²) in [5.74, 6) is 1.17. The molecular weight excluding hydrogens is 248 g/mol. The Hall–Kier alpha value is -1.61. The van der Waals surface area contributed by atoms with E-state index in [1.165, 1.54) is 12.8 Å². The van der Waals surface area contributed by atoms with Gasteiger partial charge < -0.3 is 5.11 Å². The molecule has 3 heteroatoms. The van der Waals surface area contributed by atoms with E-state index in [0.717, 1.165) is 30.1 Å². The Morgan fingerprint density at radius 3 is 2.50 bits per heavy atom. The third-order valence-corrected chi connectivity index (χ3v) is 4.44. The van der Waals surface area contributed by atoms with E-state index < -0.39 is 6.10 Å². The number of aliphatic hydroxyl groups is 1. The van der Waals surface area contributed by atoms with Gasteiger partial charge in [0.1, 0.15) is 6.10 Å². The lowest BCUT2D eigenvalue weighted by Gasteiger charge is -2.28.